The van der Waals surface area contributed by atoms with Crippen molar-refractivity contribution in [2.75, 3.05) is 27.4 Å². The van der Waals surface area contributed by atoms with Crippen molar-refractivity contribution in [2.45, 2.75) is 31.2 Å². The molecule has 1 saturated heterocycles. The van der Waals surface area contributed by atoms with Crippen LogP contribution in [0.3, 0.4) is 0 Å². The van der Waals surface area contributed by atoms with Crippen molar-refractivity contribution in [1.82, 2.24) is 0 Å². The van der Waals surface area contributed by atoms with Crippen LogP contribution in [0.15, 0.2) is 78.9 Å². The zero-order valence-electron chi connectivity index (χ0n) is 20.0. The molecule has 0 bridgehead atoms. The number of benzene rings is 3. The van der Waals surface area contributed by atoms with E-state index in [-0.39, 0.29) is 19.8 Å². The van der Waals surface area contributed by atoms with Gasteiger partial charge in [0, 0.05) is 0 Å². The van der Waals surface area contributed by atoms with Gasteiger partial charge in [0.25, 0.3) is 0 Å². The first-order valence-corrected chi connectivity index (χ1v) is 11.6. The minimum Gasteiger partial charge on any atom is -0.497 e. The number of aliphatic hydroxyl groups excluding tert-OH is 1. The van der Waals surface area contributed by atoms with E-state index in [1.807, 2.05) is 78.9 Å². The van der Waals surface area contributed by atoms with Crippen LogP contribution in [0.2, 0.25) is 0 Å². The Hall–Kier alpha value is -2.94. The summed E-state index contributed by atoms with van der Waals surface area (Å²) in [6.45, 7) is 0.574. The molecule has 3 aromatic rings. The van der Waals surface area contributed by atoms with E-state index in [9.17, 15) is 10.2 Å². The summed E-state index contributed by atoms with van der Waals surface area (Å²) < 4.78 is 28.3. The molecule has 1 heterocycles. The van der Waals surface area contributed by atoms with Crippen molar-refractivity contribution < 1.29 is 33.9 Å². The van der Waals surface area contributed by atoms with Gasteiger partial charge in [0.15, 0.2) is 5.79 Å². The maximum absolute atomic E-state index is 11.5. The van der Waals surface area contributed by atoms with Gasteiger partial charge in [-0.05, 0) is 41.0 Å². The lowest BCUT2D eigenvalue weighted by Crippen LogP contribution is -2.45. The van der Waals surface area contributed by atoms with Crippen LogP contribution in [0.5, 0.6) is 11.5 Å². The Labute approximate surface area is 205 Å². The fourth-order valence-corrected chi connectivity index (χ4v) is 4.18. The van der Waals surface area contributed by atoms with E-state index in [2.05, 4.69) is 0 Å². The van der Waals surface area contributed by atoms with Crippen LogP contribution in [0.25, 0.3) is 0 Å². The standard InChI is InChI=1S/C28H32O7/c1-31-23-12-8-20(9-13-23)16-33-18-25-27(26(29)22-6-4-3-5-7-22)34-19-28(25,30)35-17-21-10-14-24(32-2)15-11-21/h3-15,25-27,29-30H,16-19H2,1-2H3/t25-,26-,27+,28-/m1/s1. The monoisotopic (exact) mass is 480 g/mol. The Bertz CT molecular complexity index is 1040. The Kier molecular flexibility index (Phi) is 8.38. The molecule has 4 atom stereocenters. The van der Waals surface area contributed by atoms with E-state index in [1.165, 1.54) is 0 Å². The van der Waals surface area contributed by atoms with Gasteiger partial charge < -0.3 is 33.9 Å². The van der Waals surface area contributed by atoms with Gasteiger partial charge in [-0.3, -0.25) is 0 Å². The van der Waals surface area contributed by atoms with Gasteiger partial charge in [0.2, 0.25) is 0 Å². The molecule has 1 aliphatic heterocycles. The van der Waals surface area contributed by atoms with Crippen molar-refractivity contribution in [1.29, 1.82) is 0 Å². The normalized spacial score (nSPS) is 22.6. The van der Waals surface area contributed by atoms with Crippen LogP contribution in [0.4, 0.5) is 0 Å². The third-order valence-electron chi connectivity index (χ3n) is 6.28. The Morgan fingerprint density at radius 2 is 1.43 bits per heavy atom. The zero-order chi connectivity index (χ0) is 24.7. The van der Waals surface area contributed by atoms with Crippen LogP contribution in [0, 0.1) is 5.92 Å². The maximum Gasteiger partial charge on any atom is 0.197 e. The Morgan fingerprint density at radius 3 is 2.00 bits per heavy atom. The van der Waals surface area contributed by atoms with Crippen LogP contribution in [0.1, 0.15) is 22.8 Å². The summed E-state index contributed by atoms with van der Waals surface area (Å²) in [7, 11) is 3.23. The van der Waals surface area contributed by atoms with E-state index in [0.29, 0.717) is 12.2 Å². The molecule has 4 rings (SSSR count). The number of ether oxygens (including phenoxy) is 5. The van der Waals surface area contributed by atoms with Crippen molar-refractivity contribution in [3.05, 3.63) is 95.6 Å². The van der Waals surface area contributed by atoms with Crippen molar-refractivity contribution in [3.63, 3.8) is 0 Å². The predicted molar refractivity (Wildman–Crippen MR) is 130 cm³/mol. The summed E-state index contributed by atoms with van der Waals surface area (Å²) in [5.74, 6) is -0.729. The second-order valence-electron chi connectivity index (χ2n) is 8.58. The van der Waals surface area contributed by atoms with Gasteiger partial charge in [-0.15, -0.1) is 0 Å². The average Bonchev–Trinajstić information content (AvgIpc) is 3.24. The van der Waals surface area contributed by atoms with E-state index in [0.717, 1.165) is 22.6 Å². The molecule has 0 aromatic heterocycles. The number of hydrogen-bond donors (Lipinski definition) is 2. The first-order valence-electron chi connectivity index (χ1n) is 11.6. The predicted octanol–water partition coefficient (Wildman–Crippen LogP) is 3.87. The molecule has 0 saturated carbocycles. The summed E-state index contributed by atoms with van der Waals surface area (Å²) in [5, 5.41) is 22.5. The molecular formula is C28H32O7. The fraction of sp³-hybridized carbons (Fsp3) is 0.357. The number of methoxy groups -OCH3 is 2. The fourth-order valence-electron chi connectivity index (χ4n) is 4.18. The summed E-state index contributed by atoms with van der Waals surface area (Å²) >= 11 is 0. The SMILES string of the molecule is COc1ccc(COC[C@@H]2[C@@H]([C@H](O)c3ccccc3)OC[C@@]2(O)OCc2ccc(OC)cc2)cc1. The minimum absolute atomic E-state index is 0.0751. The molecule has 186 valence electrons. The van der Waals surface area contributed by atoms with Gasteiger partial charge in [-0.2, -0.15) is 0 Å². The van der Waals surface area contributed by atoms with Crippen molar-refractivity contribution in [2.24, 2.45) is 5.92 Å². The Balaban J connectivity index is 1.46. The average molecular weight is 481 g/mol. The summed E-state index contributed by atoms with van der Waals surface area (Å²) in [5.41, 5.74) is 2.55. The lowest BCUT2D eigenvalue weighted by Gasteiger charge is -2.32. The molecule has 3 aromatic carbocycles. The number of aliphatic hydroxyl groups is 2. The van der Waals surface area contributed by atoms with E-state index in [1.54, 1.807) is 14.2 Å². The quantitative estimate of drug-likeness (QED) is 0.403. The molecule has 35 heavy (non-hydrogen) atoms. The van der Waals surface area contributed by atoms with Gasteiger partial charge in [0.05, 0.1) is 46.1 Å². The van der Waals surface area contributed by atoms with E-state index < -0.39 is 23.9 Å². The molecular weight excluding hydrogens is 448 g/mol. The van der Waals surface area contributed by atoms with Gasteiger partial charge in [-0.1, -0.05) is 54.6 Å². The molecule has 1 fully saturated rings. The second-order valence-corrected chi connectivity index (χ2v) is 8.58. The molecule has 0 amide bonds. The molecule has 7 nitrogen and oxygen atoms in total. The Morgan fingerprint density at radius 1 is 0.857 bits per heavy atom. The lowest BCUT2D eigenvalue weighted by molar-refractivity contribution is -0.238. The number of hydrogen-bond acceptors (Lipinski definition) is 7. The molecule has 2 N–H and O–H groups in total. The lowest BCUT2D eigenvalue weighted by atomic mass is 9.90. The molecule has 1 aliphatic rings. The van der Waals surface area contributed by atoms with Crippen molar-refractivity contribution in [3.8, 4) is 11.5 Å². The van der Waals surface area contributed by atoms with Crippen LogP contribution < -0.4 is 9.47 Å². The molecule has 7 heteroatoms. The van der Waals surface area contributed by atoms with Gasteiger partial charge >= 0.3 is 0 Å². The third kappa shape index (κ3) is 6.20. The summed E-state index contributed by atoms with van der Waals surface area (Å²) in [4.78, 5) is 0. The first-order chi connectivity index (χ1) is 17.0. The van der Waals surface area contributed by atoms with Crippen LogP contribution >= 0.6 is 0 Å². The van der Waals surface area contributed by atoms with Gasteiger partial charge in [0.1, 0.15) is 24.2 Å². The van der Waals surface area contributed by atoms with Crippen LogP contribution in [-0.2, 0) is 27.4 Å². The maximum atomic E-state index is 11.5. The topological polar surface area (TPSA) is 86.6 Å². The van der Waals surface area contributed by atoms with E-state index in [4.69, 9.17) is 23.7 Å². The molecule has 0 radical (unpaired) electrons. The number of rotatable bonds is 11. The smallest absolute Gasteiger partial charge is 0.197 e. The first kappa shape index (κ1) is 25.2. The largest absolute Gasteiger partial charge is 0.497 e. The molecule has 0 spiro atoms. The van der Waals surface area contributed by atoms with Crippen LogP contribution in [-0.4, -0.2) is 49.5 Å². The molecule has 0 aliphatic carbocycles. The second kappa shape index (κ2) is 11.7. The van der Waals surface area contributed by atoms with Crippen molar-refractivity contribution >= 4 is 0 Å². The highest BCUT2D eigenvalue weighted by Gasteiger charge is 2.52. The zero-order valence-corrected chi connectivity index (χ0v) is 20.0. The third-order valence-corrected chi connectivity index (χ3v) is 6.28. The highest BCUT2D eigenvalue weighted by atomic mass is 16.7. The highest BCUT2D eigenvalue weighted by molar-refractivity contribution is 5.27. The van der Waals surface area contributed by atoms with E-state index >= 15 is 0 Å². The summed E-state index contributed by atoms with van der Waals surface area (Å²) in [6.07, 6.45) is -1.64. The van der Waals surface area contributed by atoms with Gasteiger partial charge in [-0.25, -0.2) is 0 Å². The summed E-state index contributed by atoms with van der Waals surface area (Å²) in [6, 6.07) is 24.3. The minimum atomic E-state index is -1.62. The highest BCUT2D eigenvalue weighted by Crippen LogP contribution is 2.39. The molecule has 0 unspecified atom stereocenters.